The molecule has 0 saturated carbocycles. The molecule has 0 aromatic carbocycles. The first-order valence-corrected chi connectivity index (χ1v) is 11.0. The molecule has 0 unspecified atom stereocenters. The van der Waals surface area contributed by atoms with Gasteiger partial charge in [0.05, 0.1) is 0 Å². The Morgan fingerprint density at radius 2 is 1.46 bits per heavy atom. The molecule has 13 heavy (non-hydrogen) atoms. The summed E-state index contributed by atoms with van der Waals surface area (Å²) in [7, 11) is 0. The van der Waals surface area contributed by atoms with Crippen molar-refractivity contribution in [1.29, 1.82) is 0 Å². The molecule has 0 fully saturated rings. The second-order valence-electron chi connectivity index (χ2n) is 5.32. The topological polar surface area (TPSA) is 0 Å². The average Bonchev–Trinajstić information content (AvgIpc) is 2.04. The SMILES string of the molecule is Cl.Cl.Cl.[CH3][Ti]([CH3])([CH3])([CH3])[C]1=CC=CC1. The van der Waals surface area contributed by atoms with Gasteiger partial charge in [0, 0.05) is 0 Å². The van der Waals surface area contributed by atoms with E-state index in [1.807, 2.05) is 0 Å². The molecule has 0 spiro atoms. The van der Waals surface area contributed by atoms with Crippen molar-refractivity contribution in [3.63, 3.8) is 0 Å². The Labute approximate surface area is 101 Å². The molecular weight excluding hydrogens is 262 g/mol. The number of halogens is 3. The predicted octanol–water partition coefficient (Wildman–Crippen LogP) is 4.98. The van der Waals surface area contributed by atoms with Crippen LogP contribution in [0.3, 0.4) is 0 Å². The third-order valence-corrected chi connectivity index (χ3v) is 6.65. The van der Waals surface area contributed by atoms with Crippen LogP contribution < -0.4 is 0 Å². The zero-order valence-electron chi connectivity index (χ0n) is 8.66. The third-order valence-electron chi connectivity index (χ3n) is 2.06. The fraction of sp³-hybridized carbons (Fsp3) is 0.556. The van der Waals surface area contributed by atoms with Gasteiger partial charge < -0.3 is 0 Å². The van der Waals surface area contributed by atoms with E-state index in [2.05, 4.69) is 39.1 Å². The molecule has 0 aromatic heterocycles. The zero-order chi connectivity index (χ0) is 7.85. The predicted molar refractivity (Wildman–Crippen MR) is 67.0 cm³/mol. The van der Waals surface area contributed by atoms with Gasteiger partial charge in [-0.15, -0.1) is 37.2 Å². The van der Waals surface area contributed by atoms with Crippen LogP contribution in [0.15, 0.2) is 22.1 Å². The van der Waals surface area contributed by atoms with Crippen LogP contribution in [0, 0.1) is 0 Å². The van der Waals surface area contributed by atoms with Crippen LogP contribution in [-0.2, 0) is 15.3 Å². The maximum atomic E-state index is 2.47. The van der Waals surface area contributed by atoms with Crippen molar-refractivity contribution in [2.45, 2.75) is 27.3 Å². The molecular formula is C9H20Cl3Ti. The van der Waals surface area contributed by atoms with Crippen LogP contribution in [0.5, 0.6) is 0 Å². The van der Waals surface area contributed by atoms with Gasteiger partial charge in [-0.25, -0.2) is 0 Å². The molecule has 0 atom stereocenters. The summed E-state index contributed by atoms with van der Waals surface area (Å²) in [4.78, 5) is 0. The Kier molecular flexibility index (Phi) is 8.79. The second kappa shape index (κ2) is 5.83. The van der Waals surface area contributed by atoms with E-state index in [4.69, 9.17) is 0 Å². The summed E-state index contributed by atoms with van der Waals surface area (Å²) in [5.41, 5.74) is 0. The maximum absolute atomic E-state index is 2.47. The summed E-state index contributed by atoms with van der Waals surface area (Å²) in [6.45, 7) is 0. The summed E-state index contributed by atoms with van der Waals surface area (Å²) >= 11 is -2.02. The first-order valence-electron chi connectivity index (χ1n) is 3.97. The van der Waals surface area contributed by atoms with Crippen molar-refractivity contribution >= 4 is 37.2 Å². The molecule has 0 amide bonds. The molecule has 0 heterocycles. The van der Waals surface area contributed by atoms with E-state index in [9.17, 15) is 0 Å². The summed E-state index contributed by atoms with van der Waals surface area (Å²) in [6, 6.07) is 0. The third kappa shape index (κ3) is 6.20. The second-order valence-corrected chi connectivity index (χ2v) is 18.8. The Bertz CT molecular complexity index is 201. The molecule has 0 N–H and O–H groups in total. The Morgan fingerprint density at radius 3 is 1.62 bits per heavy atom. The Balaban J connectivity index is -0.000000333. The van der Waals surface area contributed by atoms with E-state index in [-0.39, 0.29) is 37.2 Å². The molecule has 1 aliphatic carbocycles. The molecule has 0 bridgehead atoms. The average molecular weight is 282 g/mol. The Morgan fingerprint density at radius 1 is 1.00 bits per heavy atom. The molecule has 1 rings (SSSR count). The molecule has 0 nitrogen and oxygen atoms in total. The summed E-state index contributed by atoms with van der Waals surface area (Å²) in [5, 5.41) is 9.87. The molecule has 81 valence electrons. The first kappa shape index (κ1) is 19.6. The molecule has 0 aliphatic heterocycles. The molecule has 0 saturated heterocycles. The number of rotatable bonds is 1. The summed E-state index contributed by atoms with van der Waals surface area (Å²) < 4.78 is 1.72. The number of hydrogen-bond donors (Lipinski definition) is 0. The Hall–Kier alpha value is 1.06. The van der Waals surface area contributed by atoms with Crippen LogP contribution in [0.4, 0.5) is 0 Å². The van der Waals surface area contributed by atoms with Crippen LogP contribution in [-0.4, -0.2) is 0 Å². The summed E-state index contributed by atoms with van der Waals surface area (Å²) in [6.07, 6.45) is 7.99. The first-order chi connectivity index (χ1) is 4.36. The fourth-order valence-corrected chi connectivity index (χ4v) is 3.84. The van der Waals surface area contributed by atoms with Gasteiger partial charge in [-0.2, -0.15) is 0 Å². The van der Waals surface area contributed by atoms with Crippen LogP contribution in [0.1, 0.15) is 6.42 Å². The van der Waals surface area contributed by atoms with Gasteiger partial charge in [-0.3, -0.25) is 0 Å². The van der Waals surface area contributed by atoms with E-state index in [1.54, 1.807) is 3.88 Å². The van der Waals surface area contributed by atoms with E-state index in [0.717, 1.165) is 0 Å². The number of hydrogen-bond acceptors (Lipinski definition) is 0. The summed E-state index contributed by atoms with van der Waals surface area (Å²) in [5.74, 6) is 0. The van der Waals surface area contributed by atoms with Gasteiger partial charge in [0.2, 0.25) is 0 Å². The van der Waals surface area contributed by atoms with E-state index in [1.165, 1.54) is 6.42 Å². The quantitative estimate of drug-likeness (QED) is 0.595. The molecule has 1 aliphatic rings. The zero-order valence-corrected chi connectivity index (χ0v) is 12.7. The molecule has 4 heteroatoms. The van der Waals surface area contributed by atoms with E-state index in [0.29, 0.717) is 0 Å². The van der Waals surface area contributed by atoms with Gasteiger partial charge >= 0.3 is 64.7 Å². The standard InChI is InChI=1S/C5H5.4CH3.3ClH.Ti/c1-2-4-5-3-1;;;;;;;;/h1-3H,4H2;4*1H3;3*1H;. The van der Waals surface area contributed by atoms with Crippen molar-refractivity contribution in [2.24, 2.45) is 0 Å². The molecule has 0 radical (unpaired) electrons. The van der Waals surface area contributed by atoms with Crippen LogP contribution in [0.25, 0.3) is 0 Å². The van der Waals surface area contributed by atoms with Gasteiger partial charge in [0.15, 0.2) is 0 Å². The fourth-order valence-electron chi connectivity index (χ4n) is 1.19. The monoisotopic (exact) mass is 281 g/mol. The van der Waals surface area contributed by atoms with Crippen molar-refractivity contribution in [3.05, 3.63) is 22.1 Å². The normalized spacial score (nSPS) is 16.9. The molecule has 0 aromatic rings. The van der Waals surface area contributed by atoms with Crippen molar-refractivity contribution in [2.75, 3.05) is 0 Å². The minimum absolute atomic E-state index is 0. The van der Waals surface area contributed by atoms with Gasteiger partial charge in [-0.05, 0) is 0 Å². The van der Waals surface area contributed by atoms with Crippen LogP contribution in [0.2, 0.25) is 20.9 Å². The van der Waals surface area contributed by atoms with E-state index < -0.39 is 15.3 Å². The number of allylic oxidation sites excluding steroid dienone is 4. The van der Waals surface area contributed by atoms with Gasteiger partial charge in [0.25, 0.3) is 0 Å². The van der Waals surface area contributed by atoms with Crippen molar-refractivity contribution in [1.82, 2.24) is 0 Å². The van der Waals surface area contributed by atoms with Crippen molar-refractivity contribution in [3.8, 4) is 0 Å². The van der Waals surface area contributed by atoms with Crippen LogP contribution >= 0.6 is 37.2 Å². The van der Waals surface area contributed by atoms with Gasteiger partial charge in [-0.1, -0.05) is 0 Å². The minimum atomic E-state index is -2.02. The van der Waals surface area contributed by atoms with Gasteiger partial charge in [0.1, 0.15) is 0 Å². The van der Waals surface area contributed by atoms with E-state index >= 15 is 0 Å². The van der Waals surface area contributed by atoms with Crippen molar-refractivity contribution < 1.29 is 15.3 Å².